The van der Waals surface area contributed by atoms with Gasteiger partial charge in [0.15, 0.2) is 8.03 Å². The molecular weight excluding hydrogens is 173 g/mol. The molecule has 0 spiro atoms. The summed E-state index contributed by atoms with van der Waals surface area (Å²) in [5.41, 5.74) is 5.32. The lowest BCUT2D eigenvalue weighted by molar-refractivity contribution is 0.453. The maximum absolute atomic E-state index is 10.9. The van der Waals surface area contributed by atoms with Gasteiger partial charge in [-0.3, -0.25) is 4.57 Å². The highest BCUT2D eigenvalue weighted by molar-refractivity contribution is 7.38. The number of nitrogens with two attached hydrogens (primary N) is 1. The summed E-state index contributed by atoms with van der Waals surface area (Å²) in [6.45, 7) is 4.75. The van der Waals surface area contributed by atoms with Gasteiger partial charge in [0.1, 0.15) is 0 Å². The average Bonchev–Trinajstić information content (AvgIpc) is 1.96. The molecule has 0 aromatic rings. The van der Waals surface area contributed by atoms with Crippen molar-refractivity contribution < 1.29 is 9.46 Å². The summed E-state index contributed by atoms with van der Waals surface area (Å²) >= 11 is 0. The van der Waals surface area contributed by atoms with Crippen molar-refractivity contribution in [3.63, 3.8) is 0 Å². The van der Waals surface area contributed by atoms with Crippen LogP contribution in [0.15, 0.2) is 0 Å². The highest BCUT2D eigenvalue weighted by Crippen LogP contribution is 2.31. The van der Waals surface area contributed by atoms with Crippen LogP contribution in [0.1, 0.15) is 33.1 Å². The summed E-state index contributed by atoms with van der Waals surface area (Å²) in [6.07, 6.45) is 2.49. The van der Waals surface area contributed by atoms with E-state index >= 15 is 0 Å². The summed E-state index contributed by atoms with van der Waals surface area (Å²) in [5.74, 6) is 0.494. The van der Waals surface area contributed by atoms with E-state index in [1.54, 1.807) is 0 Å². The smallest absolute Gasteiger partial charge is 0.192 e. The first kappa shape index (κ1) is 12.2. The van der Waals surface area contributed by atoms with Crippen molar-refractivity contribution in [1.29, 1.82) is 0 Å². The second kappa shape index (κ2) is 6.64. The van der Waals surface area contributed by atoms with E-state index < -0.39 is 8.03 Å². The van der Waals surface area contributed by atoms with Gasteiger partial charge in [-0.15, -0.1) is 0 Å². The second-order valence-corrected chi connectivity index (χ2v) is 5.09. The standard InChI is InChI=1S/C8H20NO2P/c1-7(2)6-8(12(10)11)4-3-5-9/h7-8,12H,3-6,9H2,1-2H3,(H,10,11). The zero-order valence-corrected chi connectivity index (χ0v) is 8.92. The van der Waals surface area contributed by atoms with Crippen molar-refractivity contribution in [3.8, 4) is 0 Å². The first-order chi connectivity index (χ1) is 5.57. The summed E-state index contributed by atoms with van der Waals surface area (Å²) in [4.78, 5) is 8.99. The van der Waals surface area contributed by atoms with E-state index in [1.807, 2.05) is 0 Å². The fourth-order valence-electron chi connectivity index (χ4n) is 1.28. The first-order valence-corrected chi connectivity index (χ1v) is 5.94. The maximum atomic E-state index is 10.9. The van der Waals surface area contributed by atoms with Gasteiger partial charge < -0.3 is 10.6 Å². The average molecular weight is 193 g/mol. The molecule has 12 heavy (non-hydrogen) atoms. The Labute approximate surface area is 75.2 Å². The van der Waals surface area contributed by atoms with Crippen LogP contribution in [-0.4, -0.2) is 17.1 Å². The Morgan fingerprint density at radius 2 is 2.08 bits per heavy atom. The van der Waals surface area contributed by atoms with Crippen molar-refractivity contribution in [2.24, 2.45) is 11.7 Å². The third kappa shape index (κ3) is 5.76. The number of rotatable bonds is 6. The molecule has 0 saturated carbocycles. The van der Waals surface area contributed by atoms with Crippen LogP contribution in [0.2, 0.25) is 0 Å². The first-order valence-electron chi connectivity index (χ1n) is 4.50. The highest BCUT2D eigenvalue weighted by Gasteiger charge is 2.14. The van der Waals surface area contributed by atoms with Gasteiger partial charge in [-0.1, -0.05) is 13.8 Å². The molecule has 0 fully saturated rings. The summed E-state index contributed by atoms with van der Waals surface area (Å²) < 4.78 is 10.9. The van der Waals surface area contributed by atoms with E-state index in [1.165, 1.54) is 0 Å². The topological polar surface area (TPSA) is 63.3 Å². The Hall–Kier alpha value is 0.150. The molecule has 0 saturated heterocycles. The van der Waals surface area contributed by atoms with E-state index in [4.69, 9.17) is 10.6 Å². The van der Waals surface area contributed by atoms with Crippen LogP contribution in [-0.2, 0) is 4.57 Å². The zero-order chi connectivity index (χ0) is 9.56. The molecule has 4 heteroatoms. The van der Waals surface area contributed by atoms with Crippen LogP contribution in [0, 0.1) is 5.92 Å². The molecule has 0 radical (unpaired) electrons. The van der Waals surface area contributed by atoms with Crippen molar-refractivity contribution in [3.05, 3.63) is 0 Å². The van der Waals surface area contributed by atoms with Gasteiger partial charge in [0, 0.05) is 5.66 Å². The third-order valence-electron chi connectivity index (χ3n) is 1.86. The molecule has 0 amide bonds. The molecule has 2 unspecified atom stereocenters. The van der Waals surface area contributed by atoms with Crippen LogP contribution >= 0.6 is 8.03 Å². The maximum Gasteiger partial charge on any atom is 0.192 e. The quantitative estimate of drug-likeness (QED) is 0.630. The Bertz CT molecular complexity index is 139. The minimum absolute atomic E-state index is 0.0152. The molecule has 0 aromatic carbocycles. The van der Waals surface area contributed by atoms with Crippen molar-refractivity contribution in [1.82, 2.24) is 0 Å². The van der Waals surface area contributed by atoms with Crippen LogP contribution in [0.4, 0.5) is 0 Å². The van der Waals surface area contributed by atoms with Gasteiger partial charge in [0.05, 0.1) is 0 Å². The van der Waals surface area contributed by atoms with Gasteiger partial charge in [0.2, 0.25) is 0 Å². The molecule has 0 aromatic heterocycles. The summed E-state index contributed by atoms with van der Waals surface area (Å²) in [7, 11) is -2.35. The number of hydrogen-bond donors (Lipinski definition) is 2. The lowest BCUT2D eigenvalue weighted by Crippen LogP contribution is -2.09. The molecule has 0 bridgehead atoms. The second-order valence-electron chi connectivity index (χ2n) is 3.60. The van der Waals surface area contributed by atoms with Crippen LogP contribution < -0.4 is 5.73 Å². The third-order valence-corrected chi connectivity index (χ3v) is 3.08. The molecule has 2 atom stereocenters. The molecule has 3 N–H and O–H groups in total. The Morgan fingerprint density at radius 1 is 1.50 bits per heavy atom. The molecule has 0 aliphatic carbocycles. The van der Waals surface area contributed by atoms with E-state index in [-0.39, 0.29) is 5.66 Å². The minimum Gasteiger partial charge on any atom is -0.346 e. The predicted octanol–water partition coefficient (Wildman–Crippen LogP) is 1.61. The van der Waals surface area contributed by atoms with E-state index in [2.05, 4.69) is 13.8 Å². The monoisotopic (exact) mass is 193 g/mol. The highest BCUT2D eigenvalue weighted by atomic mass is 31.1. The predicted molar refractivity (Wildman–Crippen MR) is 52.8 cm³/mol. The van der Waals surface area contributed by atoms with Gasteiger partial charge in [0.25, 0.3) is 0 Å². The minimum atomic E-state index is -2.35. The molecule has 0 aliphatic heterocycles. The molecule has 0 heterocycles. The molecule has 3 nitrogen and oxygen atoms in total. The van der Waals surface area contributed by atoms with E-state index in [9.17, 15) is 4.57 Å². The Balaban J connectivity index is 3.78. The molecule has 74 valence electrons. The van der Waals surface area contributed by atoms with Crippen LogP contribution in [0.3, 0.4) is 0 Å². The molecular formula is C8H20NO2P. The van der Waals surface area contributed by atoms with Gasteiger partial charge in [-0.25, -0.2) is 0 Å². The lowest BCUT2D eigenvalue weighted by Gasteiger charge is -2.14. The fraction of sp³-hybridized carbons (Fsp3) is 1.00. The SMILES string of the molecule is CC(C)CC(CCCN)[PH](=O)O. The summed E-state index contributed by atoms with van der Waals surface area (Å²) in [6, 6.07) is 0. The normalized spacial score (nSPS) is 16.4. The lowest BCUT2D eigenvalue weighted by atomic mass is 10.0. The van der Waals surface area contributed by atoms with E-state index in [0.29, 0.717) is 12.5 Å². The van der Waals surface area contributed by atoms with Gasteiger partial charge in [-0.2, -0.15) is 0 Å². The fourth-order valence-corrected chi connectivity index (χ4v) is 2.40. The molecule has 0 rings (SSSR count). The van der Waals surface area contributed by atoms with E-state index in [0.717, 1.165) is 19.3 Å². The largest absolute Gasteiger partial charge is 0.346 e. The number of hydrogen-bond acceptors (Lipinski definition) is 2. The van der Waals surface area contributed by atoms with Crippen LogP contribution in [0.25, 0.3) is 0 Å². The van der Waals surface area contributed by atoms with Crippen molar-refractivity contribution in [2.75, 3.05) is 6.54 Å². The Kier molecular flexibility index (Phi) is 6.73. The summed E-state index contributed by atoms with van der Waals surface area (Å²) in [5, 5.41) is 0. The Morgan fingerprint density at radius 3 is 2.42 bits per heavy atom. The van der Waals surface area contributed by atoms with Crippen LogP contribution in [0.5, 0.6) is 0 Å². The van der Waals surface area contributed by atoms with Gasteiger partial charge >= 0.3 is 0 Å². The molecule has 0 aliphatic rings. The zero-order valence-electron chi connectivity index (χ0n) is 7.92. The van der Waals surface area contributed by atoms with Crippen molar-refractivity contribution >= 4 is 8.03 Å². The van der Waals surface area contributed by atoms with Crippen molar-refractivity contribution in [2.45, 2.75) is 38.8 Å². The van der Waals surface area contributed by atoms with Gasteiger partial charge in [-0.05, 0) is 31.7 Å².